The molecule has 0 saturated carbocycles. The van der Waals surface area contributed by atoms with Crippen molar-refractivity contribution in [1.29, 1.82) is 0 Å². The molecule has 2 heterocycles. The summed E-state index contributed by atoms with van der Waals surface area (Å²) in [5.41, 5.74) is 0.912. The topological polar surface area (TPSA) is 56.2 Å². The van der Waals surface area contributed by atoms with Crippen molar-refractivity contribution >= 4 is 11.3 Å². The highest BCUT2D eigenvalue weighted by Crippen LogP contribution is 2.26. The lowest BCUT2D eigenvalue weighted by Crippen LogP contribution is -2.52. The highest BCUT2D eigenvalue weighted by atomic mass is 32.1. The number of thiophene rings is 1. The molecule has 0 spiro atoms. The number of nitrogens with zero attached hydrogens (tertiary/aromatic N) is 2. The predicted octanol–water partition coefficient (Wildman–Crippen LogP) is 2.53. The van der Waals surface area contributed by atoms with Crippen molar-refractivity contribution < 1.29 is 14.9 Å². The lowest BCUT2D eigenvalue weighted by atomic mass is 10.1. The molecule has 25 heavy (non-hydrogen) atoms. The number of methoxy groups -OCH3 is 1. The van der Waals surface area contributed by atoms with Gasteiger partial charge in [-0.1, -0.05) is 12.1 Å². The Morgan fingerprint density at radius 2 is 2.12 bits per heavy atom. The zero-order valence-corrected chi connectivity index (χ0v) is 15.4. The van der Waals surface area contributed by atoms with Gasteiger partial charge >= 0.3 is 0 Å². The Kier molecular flexibility index (Phi) is 6.31. The van der Waals surface area contributed by atoms with Crippen molar-refractivity contribution in [2.45, 2.75) is 25.6 Å². The van der Waals surface area contributed by atoms with Crippen molar-refractivity contribution in [2.75, 3.05) is 33.4 Å². The number of aliphatic hydroxyl groups excluding tert-OH is 1. The number of ether oxygens (including phenoxy) is 1. The van der Waals surface area contributed by atoms with Gasteiger partial charge in [0.05, 0.1) is 7.11 Å². The smallest absolute Gasteiger partial charge is 0.123 e. The molecule has 6 heteroatoms. The van der Waals surface area contributed by atoms with Crippen molar-refractivity contribution in [3.05, 3.63) is 46.2 Å². The van der Waals surface area contributed by atoms with Crippen LogP contribution in [0.3, 0.4) is 0 Å². The van der Waals surface area contributed by atoms with E-state index in [1.807, 2.05) is 12.1 Å². The van der Waals surface area contributed by atoms with Crippen LogP contribution in [0, 0.1) is 0 Å². The van der Waals surface area contributed by atoms with Gasteiger partial charge in [0, 0.05) is 61.9 Å². The monoisotopic (exact) mass is 362 g/mol. The average molecular weight is 362 g/mol. The van der Waals surface area contributed by atoms with E-state index in [0.29, 0.717) is 18.3 Å². The number of hydrogen-bond donors (Lipinski definition) is 2. The van der Waals surface area contributed by atoms with Gasteiger partial charge in [-0.3, -0.25) is 9.80 Å². The number of piperazine rings is 1. The van der Waals surface area contributed by atoms with E-state index in [4.69, 9.17) is 4.74 Å². The first-order valence-electron chi connectivity index (χ1n) is 8.65. The van der Waals surface area contributed by atoms with E-state index in [1.54, 1.807) is 24.5 Å². The van der Waals surface area contributed by atoms with Crippen molar-refractivity contribution in [3.8, 4) is 11.5 Å². The highest BCUT2D eigenvalue weighted by Gasteiger charge is 2.27. The molecular weight excluding hydrogens is 336 g/mol. The minimum atomic E-state index is 0.202. The third-order valence-corrected chi connectivity index (χ3v) is 5.64. The summed E-state index contributed by atoms with van der Waals surface area (Å²) in [5, 5.41) is 21.7. The molecule has 1 atom stereocenters. The highest BCUT2D eigenvalue weighted by molar-refractivity contribution is 7.09. The maximum atomic E-state index is 10.2. The molecule has 5 nitrogen and oxygen atoms in total. The van der Waals surface area contributed by atoms with Crippen LogP contribution in [0.25, 0.3) is 0 Å². The lowest BCUT2D eigenvalue weighted by molar-refractivity contribution is 0.0503. The molecule has 1 saturated heterocycles. The van der Waals surface area contributed by atoms with E-state index in [0.717, 1.165) is 38.2 Å². The maximum Gasteiger partial charge on any atom is 0.123 e. The van der Waals surface area contributed by atoms with Crippen LogP contribution < -0.4 is 4.74 Å². The standard InChI is InChI=1S/C19H26N2O3S/c1-24-17-5-4-15(19(23)11-17)12-20-7-8-21(16(13-20)6-9-22)14-18-3-2-10-25-18/h2-5,10-11,16,22-23H,6-9,12-14H2,1H3/t16-/m1/s1. The Labute approximate surface area is 153 Å². The van der Waals surface area contributed by atoms with Crippen molar-refractivity contribution in [1.82, 2.24) is 9.80 Å². The molecule has 136 valence electrons. The SMILES string of the molecule is COc1ccc(CN2CCN(Cc3cccs3)[C@H](CCO)C2)c(O)c1. The number of phenols is 1. The second-order valence-corrected chi connectivity index (χ2v) is 7.48. The summed E-state index contributed by atoms with van der Waals surface area (Å²) in [4.78, 5) is 6.18. The van der Waals surface area contributed by atoms with Crippen molar-refractivity contribution in [3.63, 3.8) is 0 Å². The van der Waals surface area contributed by atoms with E-state index < -0.39 is 0 Å². The Balaban J connectivity index is 1.63. The fourth-order valence-corrected chi connectivity index (χ4v) is 4.11. The molecule has 2 aromatic rings. The van der Waals surface area contributed by atoms with Gasteiger partial charge in [0.2, 0.25) is 0 Å². The summed E-state index contributed by atoms with van der Waals surface area (Å²) in [6.07, 6.45) is 0.774. The first-order chi connectivity index (χ1) is 12.2. The third-order valence-electron chi connectivity index (χ3n) is 4.78. The summed E-state index contributed by atoms with van der Waals surface area (Å²) >= 11 is 1.78. The number of benzene rings is 1. The first kappa shape index (κ1) is 18.2. The third kappa shape index (κ3) is 4.73. The molecule has 2 N–H and O–H groups in total. The summed E-state index contributed by atoms with van der Waals surface area (Å²) in [5.74, 6) is 0.944. The molecule has 1 fully saturated rings. The number of rotatable bonds is 7. The summed E-state index contributed by atoms with van der Waals surface area (Å²) in [6.45, 7) is 4.69. The largest absolute Gasteiger partial charge is 0.507 e. The lowest BCUT2D eigenvalue weighted by Gasteiger charge is -2.41. The van der Waals surface area contributed by atoms with Crippen LogP contribution in [0.1, 0.15) is 16.9 Å². The Hall–Kier alpha value is -1.60. The quantitative estimate of drug-likeness (QED) is 0.793. The molecule has 0 aliphatic carbocycles. The summed E-state index contributed by atoms with van der Waals surface area (Å²) in [7, 11) is 1.60. The van der Waals surface area contributed by atoms with Crippen LogP contribution in [0.2, 0.25) is 0 Å². The van der Waals surface area contributed by atoms with Crippen LogP contribution in [0.5, 0.6) is 11.5 Å². The summed E-state index contributed by atoms with van der Waals surface area (Å²) < 4.78 is 5.15. The van der Waals surface area contributed by atoms with Gasteiger partial charge in [0.1, 0.15) is 11.5 Å². The van der Waals surface area contributed by atoms with Crippen LogP contribution in [0.4, 0.5) is 0 Å². The van der Waals surface area contributed by atoms with Crippen LogP contribution in [0.15, 0.2) is 35.7 Å². The molecule has 0 radical (unpaired) electrons. The fraction of sp³-hybridized carbons (Fsp3) is 0.474. The van der Waals surface area contributed by atoms with E-state index in [1.165, 1.54) is 4.88 Å². The van der Waals surface area contributed by atoms with E-state index >= 15 is 0 Å². The fourth-order valence-electron chi connectivity index (χ4n) is 3.38. The molecule has 1 aromatic heterocycles. The Bertz CT molecular complexity index is 663. The molecule has 1 aliphatic heterocycles. The van der Waals surface area contributed by atoms with Gasteiger partial charge in [-0.15, -0.1) is 11.3 Å². The van der Waals surface area contributed by atoms with Crippen LogP contribution in [-0.4, -0.2) is 59.4 Å². The molecular formula is C19H26N2O3S. The van der Waals surface area contributed by atoms with Gasteiger partial charge in [0.25, 0.3) is 0 Å². The normalized spacial score (nSPS) is 19.2. The van der Waals surface area contributed by atoms with E-state index in [-0.39, 0.29) is 12.4 Å². The number of phenolic OH excluding ortho intramolecular Hbond substituents is 1. The summed E-state index contributed by atoms with van der Waals surface area (Å²) in [6, 6.07) is 10.1. The van der Waals surface area contributed by atoms with Gasteiger partial charge in [-0.05, 0) is 23.9 Å². The molecule has 0 amide bonds. The second kappa shape index (κ2) is 8.67. The minimum absolute atomic E-state index is 0.202. The molecule has 3 rings (SSSR count). The van der Waals surface area contributed by atoms with Gasteiger partial charge in [-0.2, -0.15) is 0 Å². The van der Waals surface area contributed by atoms with Gasteiger partial charge < -0.3 is 14.9 Å². The Morgan fingerprint density at radius 3 is 2.80 bits per heavy atom. The minimum Gasteiger partial charge on any atom is -0.507 e. The Morgan fingerprint density at radius 1 is 1.24 bits per heavy atom. The number of hydrogen-bond acceptors (Lipinski definition) is 6. The van der Waals surface area contributed by atoms with Gasteiger partial charge in [0.15, 0.2) is 0 Å². The molecule has 0 unspecified atom stereocenters. The zero-order chi connectivity index (χ0) is 17.6. The number of aromatic hydroxyl groups is 1. The van der Waals surface area contributed by atoms with Crippen LogP contribution >= 0.6 is 11.3 Å². The maximum absolute atomic E-state index is 10.2. The van der Waals surface area contributed by atoms with E-state index in [2.05, 4.69) is 27.3 Å². The molecule has 1 aliphatic rings. The zero-order valence-electron chi connectivity index (χ0n) is 14.6. The second-order valence-electron chi connectivity index (χ2n) is 6.45. The number of aliphatic hydroxyl groups is 1. The predicted molar refractivity (Wildman–Crippen MR) is 100 cm³/mol. The average Bonchev–Trinajstić information content (AvgIpc) is 3.12. The molecule has 0 bridgehead atoms. The van der Waals surface area contributed by atoms with Crippen LogP contribution in [-0.2, 0) is 13.1 Å². The van der Waals surface area contributed by atoms with Crippen molar-refractivity contribution in [2.24, 2.45) is 0 Å². The van der Waals surface area contributed by atoms with E-state index in [9.17, 15) is 10.2 Å². The first-order valence-corrected chi connectivity index (χ1v) is 9.53. The molecule has 1 aromatic carbocycles. The van der Waals surface area contributed by atoms with Gasteiger partial charge in [-0.25, -0.2) is 0 Å².